The van der Waals surface area contributed by atoms with E-state index in [9.17, 15) is 0 Å². The van der Waals surface area contributed by atoms with Crippen LogP contribution in [0.15, 0.2) is 35.6 Å². The summed E-state index contributed by atoms with van der Waals surface area (Å²) in [6.07, 6.45) is 6.04. The van der Waals surface area contributed by atoms with Crippen LogP contribution in [0.5, 0.6) is 0 Å². The molecule has 6 nitrogen and oxygen atoms in total. The van der Waals surface area contributed by atoms with Gasteiger partial charge in [-0.3, -0.25) is 4.99 Å². The Morgan fingerprint density at radius 3 is 2.76 bits per heavy atom. The number of rotatable bonds is 9. The largest absolute Gasteiger partial charge is 0.380 e. The van der Waals surface area contributed by atoms with Gasteiger partial charge in [-0.1, -0.05) is 19.9 Å². The van der Waals surface area contributed by atoms with Crippen molar-refractivity contribution in [3.05, 3.63) is 36.3 Å². The molecule has 0 unspecified atom stereocenters. The van der Waals surface area contributed by atoms with Gasteiger partial charge in [0, 0.05) is 45.6 Å². The van der Waals surface area contributed by atoms with Gasteiger partial charge in [0.2, 0.25) is 0 Å². The lowest BCUT2D eigenvalue weighted by molar-refractivity contribution is 0.128. The van der Waals surface area contributed by atoms with Crippen molar-refractivity contribution < 1.29 is 4.74 Å². The molecule has 0 radical (unpaired) electrons. The molecule has 0 saturated heterocycles. The molecule has 0 bridgehead atoms. The zero-order chi connectivity index (χ0) is 17.2. The number of fused-ring (bicyclic) bond motifs is 1. The number of aromatic nitrogens is 2. The van der Waals surface area contributed by atoms with Crippen LogP contribution < -0.4 is 10.6 Å². The summed E-state index contributed by atoms with van der Waals surface area (Å²) in [5.74, 6) is 1.48. The highest BCUT2D eigenvalue weighted by molar-refractivity contribution is 14.0. The number of halogens is 1. The van der Waals surface area contributed by atoms with Gasteiger partial charge in [-0.25, -0.2) is 4.98 Å². The van der Waals surface area contributed by atoms with Gasteiger partial charge in [-0.2, -0.15) is 0 Å². The average Bonchev–Trinajstić information content (AvgIpc) is 2.98. The Morgan fingerprint density at radius 1 is 1.24 bits per heavy atom. The number of hydrogen-bond acceptors (Lipinski definition) is 3. The molecule has 25 heavy (non-hydrogen) atoms. The molecule has 7 heteroatoms. The molecular formula is C18H30IN5O. The molecule has 2 N–H and O–H groups in total. The summed E-state index contributed by atoms with van der Waals surface area (Å²) in [4.78, 5) is 8.81. The van der Waals surface area contributed by atoms with Crippen LogP contribution in [0.4, 0.5) is 0 Å². The number of guanidine groups is 1. The molecule has 0 amide bonds. The SMILES string of the molecule is CN=C(NCCOCCC(C)C)NCCc1cn2ccccc2n1.I. The van der Waals surface area contributed by atoms with E-state index < -0.39 is 0 Å². The van der Waals surface area contributed by atoms with Crippen molar-refractivity contribution in [1.29, 1.82) is 0 Å². The molecule has 0 fully saturated rings. The standard InChI is InChI=1S/C18H29N5O.HI/c1-15(2)8-12-24-13-10-21-18(19-3)20-9-7-16-14-23-11-5-4-6-17(23)22-16;/h4-6,11,14-15H,7-10,12-13H2,1-3H3,(H2,19,20,21);1H. The molecule has 0 spiro atoms. The van der Waals surface area contributed by atoms with Crippen LogP contribution in [0.1, 0.15) is 26.0 Å². The summed E-state index contributed by atoms with van der Waals surface area (Å²) in [6, 6.07) is 6.02. The summed E-state index contributed by atoms with van der Waals surface area (Å²) in [5, 5.41) is 6.56. The van der Waals surface area contributed by atoms with Crippen LogP contribution >= 0.6 is 24.0 Å². The molecule has 0 aliphatic rings. The molecule has 0 aliphatic carbocycles. The maximum absolute atomic E-state index is 5.59. The Hall–Kier alpha value is -1.35. The predicted molar refractivity (Wildman–Crippen MR) is 114 cm³/mol. The van der Waals surface area contributed by atoms with Crippen LogP contribution in [-0.4, -0.2) is 48.7 Å². The fourth-order valence-corrected chi connectivity index (χ4v) is 2.30. The minimum absolute atomic E-state index is 0. The van der Waals surface area contributed by atoms with E-state index in [1.807, 2.05) is 28.8 Å². The number of nitrogens with one attached hydrogen (secondary N) is 2. The highest BCUT2D eigenvalue weighted by Gasteiger charge is 2.02. The number of pyridine rings is 1. The number of imidazole rings is 1. The molecule has 0 aromatic carbocycles. The number of hydrogen-bond donors (Lipinski definition) is 2. The lowest BCUT2D eigenvalue weighted by atomic mass is 10.1. The van der Waals surface area contributed by atoms with E-state index in [4.69, 9.17) is 4.74 Å². The normalized spacial score (nSPS) is 11.6. The van der Waals surface area contributed by atoms with Crippen LogP contribution in [0, 0.1) is 5.92 Å². The second kappa shape index (κ2) is 12.1. The van der Waals surface area contributed by atoms with E-state index in [2.05, 4.69) is 40.7 Å². The van der Waals surface area contributed by atoms with Crippen molar-refractivity contribution in [2.45, 2.75) is 26.7 Å². The third-order valence-corrected chi connectivity index (χ3v) is 3.69. The van der Waals surface area contributed by atoms with Gasteiger partial charge in [-0.15, -0.1) is 24.0 Å². The second-order valence-electron chi connectivity index (χ2n) is 6.17. The zero-order valence-corrected chi connectivity index (χ0v) is 17.7. The van der Waals surface area contributed by atoms with Crippen LogP contribution in [0.3, 0.4) is 0 Å². The smallest absolute Gasteiger partial charge is 0.191 e. The highest BCUT2D eigenvalue weighted by Crippen LogP contribution is 2.04. The fraction of sp³-hybridized carbons (Fsp3) is 0.556. The topological polar surface area (TPSA) is 63.0 Å². The maximum Gasteiger partial charge on any atom is 0.191 e. The molecule has 2 aromatic rings. The van der Waals surface area contributed by atoms with Crippen molar-refractivity contribution in [3.63, 3.8) is 0 Å². The lowest BCUT2D eigenvalue weighted by Crippen LogP contribution is -2.39. The fourth-order valence-electron chi connectivity index (χ4n) is 2.30. The molecule has 0 atom stereocenters. The minimum atomic E-state index is 0. The Balaban J connectivity index is 0.00000312. The highest BCUT2D eigenvalue weighted by atomic mass is 127. The monoisotopic (exact) mass is 459 g/mol. The Morgan fingerprint density at radius 2 is 2.04 bits per heavy atom. The zero-order valence-electron chi connectivity index (χ0n) is 15.4. The Kier molecular flexibility index (Phi) is 10.5. The molecule has 2 heterocycles. The van der Waals surface area contributed by atoms with Crippen LogP contribution in [0.2, 0.25) is 0 Å². The second-order valence-corrected chi connectivity index (χ2v) is 6.17. The molecular weight excluding hydrogens is 429 g/mol. The molecule has 2 rings (SSSR count). The van der Waals surface area contributed by atoms with Gasteiger partial charge in [0.15, 0.2) is 5.96 Å². The van der Waals surface area contributed by atoms with E-state index in [0.29, 0.717) is 12.5 Å². The summed E-state index contributed by atoms with van der Waals surface area (Å²) < 4.78 is 7.63. The van der Waals surface area contributed by atoms with Gasteiger partial charge in [0.1, 0.15) is 5.65 Å². The first kappa shape index (κ1) is 21.7. The molecule has 2 aromatic heterocycles. The van der Waals surface area contributed by atoms with Crippen molar-refractivity contribution in [1.82, 2.24) is 20.0 Å². The third kappa shape index (κ3) is 8.04. The van der Waals surface area contributed by atoms with Crippen molar-refractivity contribution in [2.75, 3.05) is 33.4 Å². The minimum Gasteiger partial charge on any atom is -0.380 e. The summed E-state index contributed by atoms with van der Waals surface area (Å²) in [5.41, 5.74) is 2.05. The molecule has 0 aliphatic heterocycles. The predicted octanol–water partition coefficient (Wildman–Crippen LogP) is 2.72. The number of ether oxygens (including phenoxy) is 1. The summed E-state index contributed by atoms with van der Waals surface area (Å²) >= 11 is 0. The van der Waals surface area contributed by atoms with Gasteiger partial charge < -0.3 is 19.8 Å². The van der Waals surface area contributed by atoms with Crippen molar-refractivity contribution in [3.8, 4) is 0 Å². The third-order valence-electron chi connectivity index (χ3n) is 3.69. The van der Waals surface area contributed by atoms with Crippen LogP contribution in [0.25, 0.3) is 5.65 Å². The van der Waals surface area contributed by atoms with E-state index in [1.54, 1.807) is 7.05 Å². The van der Waals surface area contributed by atoms with Gasteiger partial charge in [-0.05, 0) is 24.5 Å². The lowest BCUT2D eigenvalue weighted by Gasteiger charge is -2.12. The summed E-state index contributed by atoms with van der Waals surface area (Å²) in [6.45, 7) is 7.47. The first-order valence-corrected chi connectivity index (χ1v) is 8.64. The maximum atomic E-state index is 5.59. The van der Waals surface area contributed by atoms with Crippen LogP contribution in [-0.2, 0) is 11.2 Å². The van der Waals surface area contributed by atoms with Gasteiger partial charge >= 0.3 is 0 Å². The average molecular weight is 459 g/mol. The van der Waals surface area contributed by atoms with E-state index in [0.717, 1.165) is 49.8 Å². The van der Waals surface area contributed by atoms with E-state index in [-0.39, 0.29) is 24.0 Å². The first-order valence-electron chi connectivity index (χ1n) is 8.64. The molecule has 140 valence electrons. The Labute approximate surface area is 167 Å². The number of aliphatic imine (C=N–C) groups is 1. The molecule has 0 saturated carbocycles. The Bertz CT molecular complexity index is 608. The first-order chi connectivity index (χ1) is 11.7. The summed E-state index contributed by atoms with van der Waals surface area (Å²) in [7, 11) is 1.78. The van der Waals surface area contributed by atoms with Crippen molar-refractivity contribution in [2.24, 2.45) is 10.9 Å². The van der Waals surface area contributed by atoms with E-state index in [1.165, 1.54) is 0 Å². The number of nitrogens with zero attached hydrogens (tertiary/aromatic N) is 3. The quantitative estimate of drug-likeness (QED) is 0.262. The van der Waals surface area contributed by atoms with Gasteiger partial charge in [0.25, 0.3) is 0 Å². The van der Waals surface area contributed by atoms with E-state index >= 15 is 0 Å². The van der Waals surface area contributed by atoms with Crippen molar-refractivity contribution >= 4 is 35.6 Å². The van der Waals surface area contributed by atoms with Gasteiger partial charge in [0.05, 0.1) is 12.3 Å².